The van der Waals surface area contributed by atoms with Crippen LogP contribution in [0.4, 0.5) is 5.69 Å². The van der Waals surface area contributed by atoms with Gasteiger partial charge < -0.3 is 19.7 Å². The Morgan fingerprint density at radius 3 is 2.32 bits per heavy atom. The van der Waals surface area contributed by atoms with E-state index in [1.54, 1.807) is 36.4 Å². The minimum atomic E-state index is -3.69. The van der Waals surface area contributed by atoms with Crippen molar-refractivity contribution >= 4 is 50.7 Å². The van der Waals surface area contributed by atoms with Crippen LogP contribution in [0.15, 0.2) is 66.7 Å². The van der Waals surface area contributed by atoms with E-state index in [4.69, 9.17) is 32.7 Å². The molecule has 12 heteroatoms. The van der Waals surface area contributed by atoms with E-state index in [2.05, 4.69) is 5.32 Å². The summed E-state index contributed by atoms with van der Waals surface area (Å²) in [6, 6.07) is 18.5. The van der Waals surface area contributed by atoms with Crippen LogP contribution in [0.25, 0.3) is 0 Å². The van der Waals surface area contributed by atoms with Gasteiger partial charge in [-0.3, -0.25) is 13.9 Å². The highest BCUT2D eigenvalue weighted by Crippen LogP contribution is 2.36. The topological polar surface area (TPSA) is 105 Å². The minimum absolute atomic E-state index is 0.000712. The quantitative estimate of drug-likeness (QED) is 0.233. The fourth-order valence-electron chi connectivity index (χ4n) is 4.89. The zero-order valence-electron chi connectivity index (χ0n) is 25.0. The molecular weight excluding hydrogens is 625 g/mol. The molecule has 3 aromatic carbocycles. The second-order valence-electron chi connectivity index (χ2n) is 10.7. The average molecular weight is 663 g/mol. The summed E-state index contributed by atoms with van der Waals surface area (Å²) in [7, 11) is -3.69. The molecule has 0 aromatic heterocycles. The fourth-order valence-corrected chi connectivity index (χ4v) is 6.37. The second kappa shape index (κ2) is 15.0. The predicted molar refractivity (Wildman–Crippen MR) is 173 cm³/mol. The van der Waals surface area contributed by atoms with Gasteiger partial charge in [0.05, 0.1) is 11.9 Å². The first-order valence-electron chi connectivity index (χ1n) is 14.4. The molecular formula is C32H37Cl2N3O6S. The molecule has 1 N–H and O–H groups in total. The maximum Gasteiger partial charge on any atom is 0.243 e. The Hall–Kier alpha value is -3.47. The number of ether oxygens (including phenoxy) is 2. The molecule has 0 bridgehead atoms. The number of benzene rings is 3. The maximum absolute atomic E-state index is 14.0. The third-order valence-corrected chi connectivity index (χ3v) is 9.36. The van der Waals surface area contributed by atoms with Crippen molar-refractivity contribution in [2.75, 3.05) is 23.9 Å². The van der Waals surface area contributed by atoms with Crippen LogP contribution in [0.2, 0.25) is 10.0 Å². The molecule has 2 atom stereocenters. The van der Waals surface area contributed by atoms with Gasteiger partial charge in [-0.25, -0.2) is 8.42 Å². The van der Waals surface area contributed by atoms with Crippen LogP contribution in [-0.2, 0) is 32.6 Å². The zero-order chi connectivity index (χ0) is 31.9. The summed E-state index contributed by atoms with van der Waals surface area (Å²) < 4.78 is 37.5. The Morgan fingerprint density at radius 1 is 0.977 bits per heavy atom. The van der Waals surface area contributed by atoms with E-state index in [1.165, 1.54) is 9.21 Å². The van der Waals surface area contributed by atoms with Crippen LogP contribution < -0.4 is 19.1 Å². The first-order valence-corrected chi connectivity index (χ1v) is 17.0. The molecule has 0 saturated heterocycles. The average Bonchev–Trinajstić information content (AvgIpc) is 3.46. The van der Waals surface area contributed by atoms with Gasteiger partial charge in [-0.2, -0.15) is 0 Å². The SMILES string of the molecule is CC[C@@H](C)NC(=O)[C@@H](Cc1ccccc1)N(Cc1c(Cl)cccc1Cl)C(=O)CCCN(c1ccc2c(c1)OCO2)S(C)(=O)=O. The molecule has 2 amide bonds. The summed E-state index contributed by atoms with van der Waals surface area (Å²) in [6.45, 7) is 3.97. The van der Waals surface area contributed by atoms with E-state index < -0.39 is 16.1 Å². The van der Waals surface area contributed by atoms with Crippen molar-refractivity contribution < 1.29 is 27.5 Å². The number of sulfonamides is 1. The lowest BCUT2D eigenvalue weighted by molar-refractivity contribution is -0.141. The van der Waals surface area contributed by atoms with E-state index in [0.29, 0.717) is 32.8 Å². The first kappa shape index (κ1) is 33.4. The summed E-state index contributed by atoms with van der Waals surface area (Å²) >= 11 is 13.0. The summed E-state index contributed by atoms with van der Waals surface area (Å²) in [5.41, 5.74) is 1.81. The van der Waals surface area contributed by atoms with Crippen LogP contribution in [0.5, 0.6) is 11.5 Å². The summed E-state index contributed by atoms with van der Waals surface area (Å²) in [4.78, 5) is 29.3. The van der Waals surface area contributed by atoms with Crippen LogP contribution in [-0.4, -0.2) is 56.8 Å². The molecule has 0 fully saturated rings. The molecule has 0 aliphatic carbocycles. The van der Waals surface area contributed by atoms with E-state index in [9.17, 15) is 18.0 Å². The summed E-state index contributed by atoms with van der Waals surface area (Å²) in [5.74, 6) is 0.357. The van der Waals surface area contributed by atoms with Crippen molar-refractivity contribution in [3.8, 4) is 11.5 Å². The monoisotopic (exact) mass is 661 g/mol. The van der Waals surface area contributed by atoms with Crippen molar-refractivity contribution in [3.05, 3.63) is 87.9 Å². The van der Waals surface area contributed by atoms with E-state index >= 15 is 0 Å². The molecule has 44 heavy (non-hydrogen) atoms. The standard InChI is InChI=1S/C32H37Cl2N3O6S/c1-4-22(2)35-32(39)28(18-23-10-6-5-7-11-23)36(20-25-26(33)12-8-13-27(25)34)31(38)14-9-17-37(44(3,40)41)24-15-16-29-30(19-24)43-21-42-29/h5-8,10-13,15-16,19,22,28H,4,9,14,17-18,20-21H2,1-3H3,(H,35,39)/t22-,28-/m1/s1. The Kier molecular flexibility index (Phi) is 11.4. The lowest BCUT2D eigenvalue weighted by Crippen LogP contribution is -2.52. The molecule has 0 radical (unpaired) electrons. The van der Waals surface area contributed by atoms with Crippen LogP contribution >= 0.6 is 23.2 Å². The number of carbonyl (C=O) groups excluding carboxylic acids is 2. The summed E-state index contributed by atoms with van der Waals surface area (Å²) in [5, 5.41) is 3.78. The van der Waals surface area contributed by atoms with Gasteiger partial charge in [-0.15, -0.1) is 0 Å². The highest BCUT2D eigenvalue weighted by Gasteiger charge is 2.32. The van der Waals surface area contributed by atoms with E-state index in [1.807, 2.05) is 44.2 Å². The van der Waals surface area contributed by atoms with E-state index in [-0.39, 0.29) is 57.0 Å². The zero-order valence-corrected chi connectivity index (χ0v) is 27.3. The number of rotatable bonds is 14. The highest BCUT2D eigenvalue weighted by atomic mass is 35.5. The molecule has 0 saturated carbocycles. The number of amides is 2. The Bertz CT molecular complexity index is 1550. The van der Waals surface area contributed by atoms with Crippen molar-refractivity contribution in [1.29, 1.82) is 0 Å². The van der Waals surface area contributed by atoms with Crippen molar-refractivity contribution in [2.45, 2.75) is 58.2 Å². The number of fused-ring (bicyclic) bond motifs is 1. The molecule has 0 unspecified atom stereocenters. The largest absolute Gasteiger partial charge is 0.454 e. The van der Waals surface area contributed by atoms with Crippen LogP contribution in [0.1, 0.15) is 44.2 Å². The molecule has 1 aliphatic rings. The third-order valence-electron chi connectivity index (χ3n) is 7.46. The normalized spacial score (nSPS) is 13.7. The van der Waals surface area contributed by atoms with Gasteiger partial charge in [0.25, 0.3) is 0 Å². The van der Waals surface area contributed by atoms with Gasteiger partial charge in [0.2, 0.25) is 28.6 Å². The maximum atomic E-state index is 14.0. The number of carbonyl (C=O) groups is 2. The minimum Gasteiger partial charge on any atom is -0.454 e. The number of nitrogens with one attached hydrogen (secondary N) is 1. The number of halogens is 2. The molecule has 0 spiro atoms. The number of hydrogen-bond donors (Lipinski definition) is 1. The fraction of sp³-hybridized carbons (Fsp3) is 0.375. The Morgan fingerprint density at radius 2 is 1.66 bits per heavy atom. The van der Waals surface area contributed by atoms with Crippen LogP contribution in [0, 0.1) is 0 Å². The molecule has 236 valence electrons. The van der Waals surface area contributed by atoms with Gasteiger partial charge in [0, 0.05) is 53.6 Å². The summed E-state index contributed by atoms with van der Waals surface area (Å²) in [6.07, 6.45) is 2.26. The lowest BCUT2D eigenvalue weighted by atomic mass is 10.0. The predicted octanol–water partition coefficient (Wildman–Crippen LogP) is 5.82. The number of nitrogens with zero attached hydrogens (tertiary/aromatic N) is 2. The van der Waals surface area contributed by atoms with Crippen molar-refractivity contribution in [1.82, 2.24) is 10.2 Å². The Balaban J connectivity index is 1.61. The molecule has 1 aliphatic heterocycles. The van der Waals surface area contributed by atoms with E-state index in [0.717, 1.165) is 18.2 Å². The van der Waals surface area contributed by atoms with Crippen molar-refractivity contribution in [2.24, 2.45) is 0 Å². The van der Waals surface area contributed by atoms with Crippen LogP contribution in [0.3, 0.4) is 0 Å². The third kappa shape index (κ3) is 8.58. The number of anilines is 1. The van der Waals surface area contributed by atoms with Gasteiger partial charge in [-0.05, 0) is 49.6 Å². The molecule has 4 rings (SSSR count). The highest BCUT2D eigenvalue weighted by molar-refractivity contribution is 7.92. The van der Waals surface area contributed by atoms with Gasteiger partial charge in [0.15, 0.2) is 11.5 Å². The molecule has 3 aromatic rings. The van der Waals surface area contributed by atoms with Gasteiger partial charge in [0.1, 0.15) is 6.04 Å². The van der Waals surface area contributed by atoms with Crippen molar-refractivity contribution in [3.63, 3.8) is 0 Å². The Labute approximate surface area is 269 Å². The van der Waals surface area contributed by atoms with Gasteiger partial charge >= 0.3 is 0 Å². The second-order valence-corrected chi connectivity index (χ2v) is 13.4. The molecule has 1 heterocycles. The first-order chi connectivity index (χ1) is 21.0. The van der Waals surface area contributed by atoms with Gasteiger partial charge in [-0.1, -0.05) is 66.5 Å². The lowest BCUT2D eigenvalue weighted by Gasteiger charge is -2.33. The number of hydrogen-bond acceptors (Lipinski definition) is 6. The molecule has 9 nitrogen and oxygen atoms in total. The smallest absolute Gasteiger partial charge is 0.243 e.